The predicted molar refractivity (Wildman–Crippen MR) is 68.2 cm³/mol. The first-order valence-corrected chi connectivity index (χ1v) is 6.30. The normalized spacial score (nSPS) is 21.4. The van der Waals surface area contributed by atoms with Gasteiger partial charge in [-0.25, -0.2) is 0 Å². The van der Waals surface area contributed by atoms with E-state index in [-0.39, 0.29) is 12.5 Å². The third kappa shape index (κ3) is 4.09. The van der Waals surface area contributed by atoms with Crippen molar-refractivity contribution >= 4 is 5.97 Å². The summed E-state index contributed by atoms with van der Waals surface area (Å²) in [4.78, 5) is 17.1. The van der Waals surface area contributed by atoms with Crippen LogP contribution in [0.15, 0.2) is 24.5 Å². The Bertz CT molecular complexity index is 383. The largest absolute Gasteiger partial charge is 0.481 e. The number of aromatic nitrogens is 1. The highest BCUT2D eigenvalue weighted by Gasteiger charge is 2.19. The van der Waals surface area contributed by atoms with E-state index in [9.17, 15) is 4.79 Å². The van der Waals surface area contributed by atoms with E-state index in [2.05, 4.69) is 15.2 Å². The number of nitrogens with one attached hydrogen (secondary N) is 1. The Hall–Kier alpha value is -1.46. The SMILES string of the molecule is O=C(O)CC1CN(Cc2ccncc2)CCCN1. The molecule has 2 N–H and O–H groups in total. The van der Waals surface area contributed by atoms with E-state index in [0.29, 0.717) is 0 Å². The van der Waals surface area contributed by atoms with E-state index in [4.69, 9.17) is 5.11 Å². The summed E-state index contributed by atoms with van der Waals surface area (Å²) in [5.74, 6) is -0.738. The molecule has 1 aromatic heterocycles. The Kier molecular flexibility index (Phi) is 4.66. The first-order valence-electron chi connectivity index (χ1n) is 6.30. The van der Waals surface area contributed by atoms with Gasteiger partial charge >= 0.3 is 5.97 Å². The third-order valence-electron chi connectivity index (χ3n) is 3.14. The average Bonchev–Trinajstić information content (AvgIpc) is 2.55. The molecule has 0 radical (unpaired) electrons. The molecule has 1 unspecified atom stereocenters. The zero-order valence-electron chi connectivity index (χ0n) is 10.4. The molecule has 1 aliphatic heterocycles. The highest BCUT2D eigenvalue weighted by atomic mass is 16.4. The summed E-state index contributed by atoms with van der Waals surface area (Å²) in [7, 11) is 0. The van der Waals surface area contributed by atoms with Gasteiger partial charge in [-0.15, -0.1) is 0 Å². The predicted octanol–water partition coefficient (Wildman–Crippen LogP) is 0.720. The fourth-order valence-corrected chi connectivity index (χ4v) is 2.31. The van der Waals surface area contributed by atoms with Gasteiger partial charge in [-0.05, 0) is 37.2 Å². The van der Waals surface area contributed by atoms with Crippen molar-refractivity contribution in [2.45, 2.75) is 25.4 Å². The molecule has 0 bridgehead atoms. The Morgan fingerprint density at radius 3 is 3.00 bits per heavy atom. The van der Waals surface area contributed by atoms with E-state index in [1.54, 1.807) is 12.4 Å². The van der Waals surface area contributed by atoms with E-state index < -0.39 is 5.97 Å². The molecule has 0 amide bonds. The summed E-state index contributed by atoms with van der Waals surface area (Å²) in [6.45, 7) is 3.55. The maximum atomic E-state index is 10.8. The van der Waals surface area contributed by atoms with Crippen molar-refractivity contribution in [1.29, 1.82) is 0 Å². The summed E-state index contributed by atoms with van der Waals surface area (Å²) in [5, 5.41) is 12.2. The Morgan fingerprint density at radius 2 is 2.28 bits per heavy atom. The molecule has 5 heteroatoms. The first-order chi connectivity index (χ1) is 8.74. The van der Waals surface area contributed by atoms with Gasteiger partial charge in [-0.3, -0.25) is 14.7 Å². The highest BCUT2D eigenvalue weighted by molar-refractivity contribution is 5.67. The van der Waals surface area contributed by atoms with Gasteiger partial charge in [-0.1, -0.05) is 0 Å². The summed E-state index contributed by atoms with van der Waals surface area (Å²) >= 11 is 0. The van der Waals surface area contributed by atoms with Crippen molar-refractivity contribution in [1.82, 2.24) is 15.2 Å². The fourth-order valence-electron chi connectivity index (χ4n) is 2.31. The molecule has 2 rings (SSSR count). The smallest absolute Gasteiger partial charge is 0.304 e. The van der Waals surface area contributed by atoms with Gasteiger partial charge in [0, 0.05) is 31.5 Å². The van der Waals surface area contributed by atoms with Crippen molar-refractivity contribution < 1.29 is 9.90 Å². The van der Waals surface area contributed by atoms with Crippen LogP contribution in [0.1, 0.15) is 18.4 Å². The average molecular weight is 249 g/mol. The topological polar surface area (TPSA) is 65.5 Å². The number of rotatable bonds is 4. The number of nitrogens with zero attached hydrogens (tertiary/aromatic N) is 2. The molecule has 2 heterocycles. The standard InChI is InChI=1S/C13H19N3O2/c17-13(18)8-12-10-16(7-1-4-15-12)9-11-2-5-14-6-3-11/h2-3,5-6,12,15H,1,4,7-10H2,(H,17,18). The van der Waals surface area contributed by atoms with Crippen molar-refractivity contribution in [3.63, 3.8) is 0 Å². The zero-order valence-corrected chi connectivity index (χ0v) is 10.4. The van der Waals surface area contributed by atoms with Crippen molar-refractivity contribution in [3.05, 3.63) is 30.1 Å². The number of carbonyl (C=O) groups is 1. The van der Waals surface area contributed by atoms with Gasteiger partial charge < -0.3 is 10.4 Å². The van der Waals surface area contributed by atoms with Crippen molar-refractivity contribution in [2.75, 3.05) is 19.6 Å². The summed E-state index contributed by atoms with van der Waals surface area (Å²) in [5.41, 5.74) is 1.22. The Balaban J connectivity index is 1.92. The zero-order chi connectivity index (χ0) is 12.8. The molecule has 1 aromatic rings. The van der Waals surface area contributed by atoms with Crippen LogP contribution in [0, 0.1) is 0 Å². The molecule has 1 atom stereocenters. The molecule has 98 valence electrons. The lowest BCUT2D eigenvalue weighted by Gasteiger charge is -2.23. The highest BCUT2D eigenvalue weighted by Crippen LogP contribution is 2.09. The first kappa shape index (κ1) is 13.0. The van der Waals surface area contributed by atoms with Crippen LogP contribution in [-0.4, -0.2) is 46.6 Å². The summed E-state index contributed by atoms with van der Waals surface area (Å²) < 4.78 is 0. The molecule has 1 fully saturated rings. The Morgan fingerprint density at radius 1 is 1.50 bits per heavy atom. The molecular formula is C13H19N3O2. The minimum Gasteiger partial charge on any atom is -0.481 e. The number of hydrogen-bond donors (Lipinski definition) is 2. The number of carboxylic acids is 1. The van der Waals surface area contributed by atoms with Crippen LogP contribution < -0.4 is 5.32 Å². The molecule has 18 heavy (non-hydrogen) atoms. The molecule has 0 spiro atoms. The van der Waals surface area contributed by atoms with Crippen LogP contribution in [0.3, 0.4) is 0 Å². The van der Waals surface area contributed by atoms with E-state index in [1.165, 1.54) is 5.56 Å². The van der Waals surface area contributed by atoms with Gasteiger partial charge in [0.05, 0.1) is 6.42 Å². The number of pyridine rings is 1. The van der Waals surface area contributed by atoms with Crippen LogP contribution in [0.2, 0.25) is 0 Å². The van der Waals surface area contributed by atoms with Gasteiger partial charge in [0.1, 0.15) is 0 Å². The summed E-state index contributed by atoms with van der Waals surface area (Å²) in [6.07, 6.45) is 4.83. The molecular weight excluding hydrogens is 230 g/mol. The second-order valence-corrected chi connectivity index (χ2v) is 4.69. The lowest BCUT2D eigenvalue weighted by molar-refractivity contribution is -0.137. The van der Waals surface area contributed by atoms with Crippen LogP contribution in [-0.2, 0) is 11.3 Å². The molecule has 0 aromatic carbocycles. The number of carboxylic acid groups (broad SMARTS) is 1. The fraction of sp³-hybridized carbons (Fsp3) is 0.538. The quantitative estimate of drug-likeness (QED) is 0.823. The number of aliphatic carboxylic acids is 1. The maximum absolute atomic E-state index is 10.8. The van der Waals surface area contributed by atoms with Crippen molar-refractivity contribution in [2.24, 2.45) is 0 Å². The van der Waals surface area contributed by atoms with Crippen LogP contribution >= 0.6 is 0 Å². The second-order valence-electron chi connectivity index (χ2n) is 4.69. The van der Waals surface area contributed by atoms with Gasteiger partial charge in [0.2, 0.25) is 0 Å². The molecule has 1 aliphatic rings. The van der Waals surface area contributed by atoms with Gasteiger partial charge in [-0.2, -0.15) is 0 Å². The third-order valence-corrected chi connectivity index (χ3v) is 3.14. The monoisotopic (exact) mass is 249 g/mol. The minimum atomic E-state index is -0.738. The molecule has 5 nitrogen and oxygen atoms in total. The molecule has 0 aliphatic carbocycles. The maximum Gasteiger partial charge on any atom is 0.304 e. The lowest BCUT2D eigenvalue weighted by atomic mass is 10.2. The van der Waals surface area contributed by atoms with Gasteiger partial charge in [0.15, 0.2) is 0 Å². The number of hydrogen-bond acceptors (Lipinski definition) is 4. The molecule has 1 saturated heterocycles. The van der Waals surface area contributed by atoms with Crippen LogP contribution in [0.4, 0.5) is 0 Å². The van der Waals surface area contributed by atoms with E-state index >= 15 is 0 Å². The minimum absolute atomic E-state index is 0.0480. The Labute approximate surface area is 107 Å². The molecule has 0 saturated carbocycles. The lowest BCUT2D eigenvalue weighted by Crippen LogP contribution is -2.38. The van der Waals surface area contributed by atoms with Gasteiger partial charge in [0.25, 0.3) is 0 Å². The van der Waals surface area contributed by atoms with E-state index in [1.807, 2.05) is 12.1 Å². The van der Waals surface area contributed by atoms with Crippen LogP contribution in [0.25, 0.3) is 0 Å². The van der Waals surface area contributed by atoms with Crippen molar-refractivity contribution in [3.8, 4) is 0 Å². The van der Waals surface area contributed by atoms with E-state index in [0.717, 1.165) is 32.6 Å². The second kappa shape index (κ2) is 6.47. The van der Waals surface area contributed by atoms with Crippen LogP contribution in [0.5, 0.6) is 0 Å². The summed E-state index contributed by atoms with van der Waals surface area (Å²) in [6, 6.07) is 4.06.